The van der Waals surface area contributed by atoms with E-state index in [2.05, 4.69) is 37.6 Å². The van der Waals surface area contributed by atoms with Gasteiger partial charge in [0.15, 0.2) is 5.13 Å². The molecule has 0 bridgehead atoms. The third-order valence-corrected chi connectivity index (χ3v) is 7.12. The molecule has 2 fully saturated rings. The van der Waals surface area contributed by atoms with Gasteiger partial charge in [-0.1, -0.05) is 11.3 Å². The van der Waals surface area contributed by atoms with E-state index in [1.807, 2.05) is 32.9 Å². The zero-order valence-corrected chi connectivity index (χ0v) is 22.5. The number of ether oxygens (including phenoxy) is 2. The van der Waals surface area contributed by atoms with Crippen molar-refractivity contribution in [2.45, 2.75) is 51.8 Å². The minimum absolute atomic E-state index is 0.0897. The maximum Gasteiger partial charge on any atom is 0.410 e. The molecular weight excluding hydrogens is 490 g/mol. The molecule has 0 radical (unpaired) electrons. The van der Waals surface area contributed by atoms with E-state index in [1.165, 1.54) is 11.3 Å². The first-order valence-electron chi connectivity index (χ1n) is 12.8. The van der Waals surface area contributed by atoms with E-state index in [4.69, 9.17) is 14.5 Å². The Morgan fingerprint density at radius 1 is 1.19 bits per heavy atom. The molecule has 1 unspecified atom stereocenters. The lowest BCUT2D eigenvalue weighted by Crippen LogP contribution is -2.47. The highest BCUT2D eigenvalue weighted by atomic mass is 32.1. The van der Waals surface area contributed by atoms with E-state index in [0.717, 1.165) is 78.4 Å². The van der Waals surface area contributed by atoms with Gasteiger partial charge in [0, 0.05) is 45.0 Å². The van der Waals surface area contributed by atoms with E-state index < -0.39 is 5.60 Å². The van der Waals surface area contributed by atoms with Crippen LogP contribution < -0.4 is 10.6 Å². The van der Waals surface area contributed by atoms with E-state index in [-0.39, 0.29) is 12.1 Å². The van der Waals surface area contributed by atoms with Crippen molar-refractivity contribution in [2.75, 3.05) is 50.0 Å². The van der Waals surface area contributed by atoms with Gasteiger partial charge in [0.05, 0.1) is 13.2 Å². The van der Waals surface area contributed by atoms with E-state index in [9.17, 15) is 4.79 Å². The first-order valence-corrected chi connectivity index (χ1v) is 13.7. The van der Waals surface area contributed by atoms with Crippen molar-refractivity contribution >= 4 is 44.5 Å². The van der Waals surface area contributed by atoms with Crippen LogP contribution >= 0.6 is 11.3 Å². The molecule has 1 amide bonds. The zero-order chi connectivity index (χ0) is 25.8. The van der Waals surface area contributed by atoms with E-state index >= 15 is 0 Å². The van der Waals surface area contributed by atoms with Crippen LogP contribution in [0, 0.1) is 0 Å². The molecule has 0 spiro atoms. The maximum atomic E-state index is 12.6. The number of carbonyl (C=O) groups is 1. The van der Waals surface area contributed by atoms with Crippen molar-refractivity contribution in [1.82, 2.24) is 24.8 Å². The number of amides is 1. The normalized spacial score (nSPS) is 19.1. The standard InChI is InChI=1S/C26H35N7O3S/c1-26(2,3)36-25(34)33-9-5-6-19(17-33)28-21-14-18(16-32-10-12-35-13-11-32)15-22(30-21)31-24-29-20-7-4-8-27-23(20)37-24/h4,7-8,14-15,19H,5-6,9-13,16-17H2,1-3H3,(H2,28,29,30,31). The zero-order valence-electron chi connectivity index (χ0n) is 21.7. The summed E-state index contributed by atoms with van der Waals surface area (Å²) >= 11 is 1.50. The van der Waals surface area contributed by atoms with Crippen molar-refractivity contribution in [1.29, 1.82) is 0 Å². The van der Waals surface area contributed by atoms with Crippen molar-refractivity contribution in [3.8, 4) is 0 Å². The molecule has 10 nitrogen and oxygen atoms in total. The van der Waals surface area contributed by atoms with Crippen molar-refractivity contribution in [2.24, 2.45) is 0 Å². The van der Waals surface area contributed by atoms with Gasteiger partial charge < -0.3 is 25.0 Å². The van der Waals surface area contributed by atoms with Gasteiger partial charge in [0.2, 0.25) is 0 Å². The average Bonchev–Trinajstić information content (AvgIpc) is 3.26. The molecule has 198 valence electrons. The second-order valence-corrected chi connectivity index (χ2v) is 11.5. The van der Waals surface area contributed by atoms with Crippen LogP contribution in [0.15, 0.2) is 30.5 Å². The van der Waals surface area contributed by atoms with Gasteiger partial charge in [0.1, 0.15) is 27.6 Å². The molecule has 2 aliphatic heterocycles. The Morgan fingerprint density at radius 2 is 2.00 bits per heavy atom. The topological polar surface area (TPSA) is 105 Å². The summed E-state index contributed by atoms with van der Waals surface area (Å²) in [6, 6.07) is 8.12. The van der Waals surface area contributed by atoms with Crippen LogP contribution in [0.3, 0.4) is 0 Å². The van der Waals surface area contributed by atoms with Gasteiger partial charge in [-0.25, -0.2) is 19.7 Å². The molecule has 0 aromatic carbocycles. The Bertz CT molecular complexity index is 1190. The highest BCUT2D eigenvalue weighted by molar-refractivity contribution is 7.21. The van der Waals surface area contributed by atoms with Crippen LogP contribution in [-0.2, 0) is 16.0 Å². The number of nitrogens with one attached hydrogen (secondary N) is 2. The number of hydrogen-bond donors (Lipinski definition) is 2. The molecule has 5 rings (SSSR count). The molecular formula is C26H35N7O3S. The Hall–Kier alpha value is -3.02. The maximum absolute atomic E-state index is 12.6. The number of aromatic nitrogens is 3. The lowest BCUT2D eigenvalue weighted by Gasteiger charge is -2.34. The molecule has 1 atom stereocenters. The summed E-state index contributed by atoms with van der Waals surface area (Å²) in [5, 5.41) is 7.73. The molecule has 37 heavy (non-hydrogen) atoms. The Labute approximate surface area is 221 Å². The molecule has 11 heteroatoms. The molecule has 2 N–H and O–H groups in total. The Balaban J connectivity index is 1.33. The number of carbonyl (C=O) groups excluding carboxylic acids is 1. The van der Waals surface area contributed by atoms with Crippen LogP contribution in [-0.4, -0.2) is 81.9 Å². The average molecular weight is 526 g/mol. The molecule has 3 aromatic rings. The summed E-state index contributed by atoms with van der Waals surface area (Å²) in [5.41, 5.74) is 1.51. The number of morpholine rings is 1. The third-order valence-electron chi connectivity index (χ3n) is 6.22. The van der Waals surface area contributed by atoms with Gasteiger partial charge in [-0.2, -0.15) is 0 Å². The Kier molecular flexibility index (Phi) is 7.73. The minimum Gasteiger partial charge on any atom is -0.444 e. The summed E-state index contributed by atoms with van der Waals surface area (Å²) < 4.78 is 11.1. The van der Waals surface area contributed by atoms with Gasteiger partial charge in [0.25, 0.3) is 0 Å². The molecule has 0 aliphatic carbocycles. The summed E-state index contributed by atoms with van der Waals surface area (Å²) in [4.78, 5) is 31.6. The first-order chi connectivity index (χ1) is 17.8. The van der Waals surface area contributed by atoms with Crippen LogP contribution in [0.4, 0.5) is 21.6 Å². The predicted molar refractivity (Wildman–Crippen MR) is 145 cm³/mol. The number of pyridine rings is 2. The number of thiazole rings is 1. The minimum atomic E-state index is -0.510. The fourth-order valence-corrected chi connectivity index (χ4v) is 5.38. The number of fused-ring (bicyclic) bond motifs is 1. The summed E-state index contributed by atoms with van der Waals surface area (Å²) in [5.74, 6) is 1.51. The number of rotatable bonds is 6. The lowest BCUT2D eigenvalue weighted by atomic mass is 10.1. The second-order valence-electron chi connectivity index (χ2n) is 10.5. The number of nitrogens with zero attached hydrogens (tertiary/aromatic N) is 5. The second kappa shape index (κ2) is 11.2. The monoisotopic (exact) mass is 525 g/mol. The van der Waals surface area contributed by atoms with Gasteiger partial charge in [-0.3, -0.25) is 4.90 Å². The molecule has 2 aliphatic rings. The van der Waals surface area contributed by atoms with Crippen molar-refractivity contribution in [3.05, 3.63) is 36.0 Å². The highest BCUT2D eigenvalue weighted by Crippen LogP contribution is 2.28. The SMILES string of the molecule is CC(C)(C)OC(=O)N1CCCC(Nc2cc(CN3CCOCC3)cc(Nc3nc4cccnc4s3)n2)C1. The van der Waals surface area contributed by atoms with Crippen LogP contribution in [0.5, 0.6) is 0 Å². The van der Waals surface area contributed by atoms with Crippen LogP contribution in [0.2, 0.25) is 0 Å². The molecule has 3 aromatic heterocycles. The van der Waals surface area contributed by atoms with Crippen molar-refractivity contribution < 1.29 is 14.3 Å². The van der Waals surface area contributed by atoms with Crippen LogP contribution in [0.25, 0.3) is 10.3 Å². The molecule has 0 saturated carbocycles. The quantitative estimate of drug-likeness (QED) is 0.482. The summed E-state index contributed by atoms with van der Waals surface area (Å²) in [7, 11) is 0. The largest absolute Gasteiger partial charge is 0.444 e. The van der Waals surface area contributed by atoms with Gasteiger partial charge >= 0.3 is 6.09 Å². The summed E-state index contributed by atoms with van der Waals surface area (Å²) in [6.07, 6.45) is 3.38. The lowest BCUT2D eigenvalue weighted by molar-refractivity contribution is 0.0206. The molecule has 5 heterocycles. The molecule has 2 saturated heterocycles. The number of hydrogen-bond acceptors (Lipinski definition) is 10. The fraction of sp³-hybridized carbons (Fsp3) is 0.538. The number of likely N-dealkylation sites (tertiary alicyclic amines) is 1. The predicted octanol–water partition coefficient (Wildman–Crippen LogP) is 4.47. The van der Waals surface area contributed by atoms with Crippen molar-refractivity contribution in [3.63, 3.8) is 0 Å². The van der Waals surface area contributed by atoms with Gasteiger partial charge in [-0.15, -0.1) is 0 Å². The first kappa shape index (κ1) is 25.6. The van der Waals surface area contributed by atoms with E-state index in [0.29, 0.717) is 13.1 Å². The fourth-order valence-electron chi connectivity index (χ4n) is 4.56. The number of piperidine rings is 1. The Morgan fingerprint density at radius 3 is 2.78 bits per heavy atom. The summed E-state index contributed by atoms with van der Waals surface area (Å²) in [6.45, 7) is 11.1. The highest BCUT2D eigenvalue weighted by Gasteiger charge is 2.28. The van der Waals surface area contributed by atoms with Crippen LogP contribution in [0.1, 0.15) is 39.2 Å². The van der Waals surface area contributed by atoms with Gasteiger partial charge in [-0.05, 0) is 63.4 Å². The third kappa shape index (κ3) is 7.06. The van der Waals surface area contributed by atoms with E-state index in [1.54, 1.807) is 11.1 Å². The number of anilines is 3. The smallest absolute Gasteiger partial charge is 0.410 e.